The van der Waals surface area contributed by atoms with Crippen LogP contribution in [0.25, 0.3) is 10.2 Å². The van der Waals surface area contributed by atoms with Crippen molar-refractivity contribution in [3.8, 4) is 5.75 Å². The summed E-state index contributed by atoms with van der Waals surface area (Å²) in [6.07, 6.45) is 1.60. The Morgan fingerprint density at radius 1 is 1.22 bits per heavy atom. The normalized spacial score (nSPS) is 11.0. The zero-order valence-electron chi connectivity index (χ0n) is 15.2. The van der Waals surface area contributed by atoms with Gasteiger partial charge in [-0.25, -0.2) is 0 Å². The van der Waals surface area contributed by atoms with E-state index in [1.165, 1.54) is 4.88 Å². The maximum absolute atomic E-state index is 12.9. The Morgan fingerprint density at radius 2 is 2.07 bits per heavy atom. The van der Waals surface area contributed by atoms with Gasteiger partial charge in [-0.15, -0.1) is 11.3 Å². The zero-order chi connectivity index (χ0) is 18.8. The molecule has 0 aliphatic heterocycles. The largest absolute Gasteiger partial charge is 0.496 e. The van der Waals surface area contributed by atoms with Gasteiger partial charge in [0.05, 0.1) is 36.7 Å². The van der Waals surface area contributed by atoms with Crippen LogP contribution < -0.4 is 10.1 Å². The summed E-state index contributed by atoms with van der Waals surface area (Å²) in [7, 11) is 1.66. The summed E-state index contributed by atoms with van der Waals surface area (Å²) in [5, 5.41) is 2.94. The molecule has 0 fully saturated rings. The lowest BCUT2D eigenvalue weighted by Crippen LogP contribution is -2.25. The van der Waals surface area contributed by atoms with Gasteiger partial charge in [0.15, 0.2) is 0 Å². The maximum Gasteiger partial charge on any atom is 0.268 e. The molecule has 5 nitrogen and oxygen atoms in total. The van der Waals surface area contributed by atoms with Gasteiger partial charge in [0.25, 0.3) is 5.91 Å². The molecular formula is C21H20N2O3S. The van der Waals surface area contributed by atoms with Gasteiger partial charge >= 0.3 is 0 Å². The first-order valence-corrected chi connectivity index (χ1v) is 9.49. The average molecular weight is 380 g/mol. The highest BCUT2D eigenvalue weighted by Gasteiger charge is 2.18. The van der Waals surface area contributed by atoms with Crippen molar-refractivity contribution in [3.05, 3.63) is 76.7 Å². The Hall–Kier alpha value is -2.99. The van der Waals surface area contributed by atoms with E-state index < -0.39 is 0 Å². The van der Waals surface area contributed by atoms with E-state index in [0.29, 0.717) is 18.8 Å². The third-order valence-electron chi connectivity index (χ3n) is 4.47. The quantitative estimate of drug-likeness (QED) is 0.532. The van der Waals surface area contributed by atoms with E-state index in [0.717, 1.165) is 27.3 Å². The summed E-state index contributed by atoms with van der Waals surface area (Å²) >= 11 is 1.69. The first-order chi connectivity index (χ1) is 13.2. The van der Waals surface area contributed by atoms with Crippen LogP contribution in [-0.2, 0) is 13.1 Å². The lowest BCUT2D eigenvalue weighted by atomic mass is 10.2. The van der Waals surface area contributed by atoms with Crippen LogP contribution in [0.2, 0.25) is 0 Å². The van der Waals surface area contributed by atoms with Crippen LogP contribution in [-0.4, -0.2) is 17.6 Å². The third-order valence-corrected chi connectivity index (χ3v) is 5.46. The molecule has 0 spiro atoms. The summed E-state index contributed by atoms with van der Waals surface area (Å²) in [5.74, 6) is 1.42. The van der Waals surface area contributed by atoms with Gasteiger partial charge in [0, 0.05) is 10.4 Å². The fourth-order valence-corrected chi connectivity index (χ4v) is 4.16. The molecule has 6 heteroatoms. The molecule has 0 aliphatic carbocycles. The first-order valence-electron chi connectivity index (χ1n) is 8.68. The van der Waals surface area contributed by atoms with Gasteiger partial charge in [-0.05, 0) is 37.3 Å². The van der Waals surface area contributed by atoms with E-state index in [4.69, 9.17) is 9.15 Å². The number of fused-ring (bicyclic) bond motifs is 1. The second-order valence-corrected chi connectivity index (χ2v) is 7.58. The highest BCUT2D eigenvalue weighted by Crippen LogP contribution is 2.30. The van der Waals surface area contributed by atoms with E-state index in [1.54, 1.807) is 24.7 Å². The molecule has 27 heavy (non-hydrogen) atoms. The molecule has 3 heterocycles. The number of benzene rings is 1. The third kappa shape index (κ3) is 3.48. The van der Waals surface area contributed by atoms with Crippen molar-refractivity contribution in [1.29, 1.82) is 0 Å². The van der Waals surface area contributed by atoms with Crippen LogP contribution in [0.4, 0.5) is 0 Å². The Balaban J connectivity index is 1.68. The van der Waals surface area contributed by atoms with E-state index in [-0.39, 0.29) is 5.91 Å². The van der Waals surface area contributed by atoms with Crippen LogP contribution in [0.3, 0.4) is 0 Å². The van der Waals surface area contributed by atoms with Crippen molar-refractivity contribution < 1.29 is 13.9 Å². The molecule has 1 N–H and O–H groups in total. The molecular weight excluding hydrogens is 360 g/mol. The van der Waals surface area contributed by atoms with Crippen molar-refractivity contribution in [2.24, 2.45) is 0 Å². The first kappa shape index (κ1) is 17.4. The number of ether oxygens (including phenoxy) is 1. The van der Waals surface area contributed by atoms with Gasteiger partial charge in [-0.3, -0.25) is 4.79 Å². The van der Waals surface area contributed by atoms with Crippen molar-refractivity contribution in [3.63, 3.8) is 0 Å². The fourth-order valence-electron chi connectivity index (χ4n) is 3.20. The smallest absolute Gasteiger partial charge is 0.268 e. The van der Waals surface area contributed by atoms with Gasteiger partial charge < -0.3 is 19.0 Å². The van der Waals surface area contributed by atoms with Crippen LogP contribution >= 0.6 is 11.3 Å². The number of aromatic nitrogens is 1. The predicted molar refractivity (Wildman–Crippen MR) is 107 cm³/mol. The number of amides is 1. The number of aryl methyl sites for hydroxylation is 1. The van der Waals surface area contributed by atoms with E-state index in [1.807, 2.05) is 47.0 Å². The Bertz CT molecular complexity index is 1080. The highest BCUT2D eigenvalue weighted by atomic mass is 32.1. The minimum atomic E-state index is -0.123. The number of methoxy groups -OCH3 is 1. The lowest BCUT2D eigenvalue weighted by molar-refractivity contribution is 0.0939. The second kappa shape index (κ2) is 7.32. The Kier molecular flexibility index (Phi) is 4.73. The molecule has 0 saturated heterocycles. The van der Waals surface area contributed by atoms with Gasteiger partial charge in [0.1, 0.15) is 17.2 Å². The van der Waals surface area contributed by atoms with Crippen LogP contribution in [0, 0.1) is 6.92 Å². The Labute approximate surface area is 161 Å². The summed E-state index contributed by atoms with van der Waals surface area (Å²) in [6, 6.07) is 15.6. The average Bonchev–Trinajstić information content (AvgIpc) is 3.38. The Morgan fingerprint density at radius 3 is 2.85 bits per heavy atom. The number of hydrogen-bond acceptors (Lipinski definition) is 4. The molecule has 4 aromatic rings. The molecule has 1 aromatic carbocycles. The number of hydrogen-bond donors (Lipinski definition) is 1. The molecule has 0 radical (unpaired) electrons. The van der Waals surface area contributed by atoms with E-state index >= 15 is 0 Å². The molecule has 0 unspecified atom stereocenters. The van der Waals surface area contributed by atoms with E-state index in [9.17, 15) is 4.79 Å². The number of carbonyl (C=O) groups is 1. The van der Waals surface area contributed by atoms with Gasteiger partial charge in [-0.2, -0.15) is 0 Å². The fraction of sp³-hybridized carbons (Fsp3) is 0.190. The van der Waals surface area contributed by atoms with Crippen LogP contribution in [0.15, 0.2) is 59.2 Å². The predicted octanol–water partition coefficient (Wildman–Crippen LogP) is 4.59. The molecule has 138 valence electrons. The lowest BCUT2D eigenvalue weighted by Gasteiger charge is -2.13. The number of furan rings is 1. The number of rotatable bonds is 6. The summed E-state index contributed by atoms with van der Waals surface area (Å²) < 4.78 is 13.9. The molecule has 3 aromatic heterocycles. The molecule has 0 saturated carbocycles. The number of nitrogens with one attached hydrogen (secondary N) is 1. The van der Waals surface area contributed by atoms with Crippen LogP contribution in [0.5, 0.6) is 5.75 Å². The number of para-hydroxylation sites is 1. The van der Waals surface area contributed by atoms with E-state index in [2.05, 4.69) is 18.3 Å². The van der Waals surface area contributed by atoms with Crippen molar-refractivity contribution in [2.45, 2.75) is 20.0 Å². The summed E-state index contributed by atoms with van der Waals surface area (Å²) in [4.78, 5) is 14.1. The molecule has 0 atom stereocenters. The standard InChI is InChI=1S/C21H20N2O3S/c1-14-10-17-20(27-14)11-18(21(24)22-12-16-7-5-9-26-16)23(17)13-15-6-3-4-8-19(15)25-2/h3-11H,12-13H2,1-2H3,(H,22,24). The van der Waals surface area contributed by atoms with Gasteiger partial charge in [-0.1, -0.05) is 18.2 Å². The molecule has 1 amide bonds. The summed E-state index contributed by atoms with van der Waals surface area (Å²) in [5.41, 5.74) is 2.72. The molecule has 4 rings (SSSR count). The topological polar surface area (TPSA) is 56.4 Å². The second-order valence-electron chi connectivity index (χ2n) is 6.30. The maximum atomic E-state index is 12.9. The highest BCUT2D eigenvalue weighted by molar-refractivity contribution is 7.19. The van der Waals surface area contributed by atoms with Crippen LogP contribution in [0.1, 0.15) is 26.7 Å². The summed E-state index contributed by atoms with van der Waals surface area (Å²) in [6.45, 7) is 3.00. The monoisotopic (exact) mass is 380 g/mol. The minimum Gasteiger partial charge on any atom is -0.496 e. The number of thiophene rings is 1. The van der Waals surface area contributed by atoms with Crippen molar-refractivity contribution in [1.82, 2.24) is 9.88 Å². The van der Waals surface area contributed by atoms with Crippen molar-refractivity contribution >= 4 is 27.5 Å². The number of carbonyl (C=O) groups excluding carboxylic acids is 1. The SMILES string of the molecule is COc1ccccc1Cn1c(C(=O)NCc2ccco2)cc2sc(C)cc21. The minimum absolute atomic E-state index is 0.123. The number of nitrogens with zero attached hydrogens (tertiary/aromatic N) is 1. The zero-order valence-corrected chi connectivity index (χ0v) is 16.0. The molecule has 0 aliphatic rings. The molecule has 0 bridgehead atoms. The van der Waals surface area contributed by atoms with Gasteiger partial charge in [0.2, 0.25) is 0 Å². The van der Waals surface area contributed by atoms with Crippen molar-refractivity contribution in [2.75, 3.05) is 7.11 Å².